The minimum absolute atomic E-state index is 0.339. The molecule has 0 spiro atoms. The molecule has 0 fully saturated rings. The van der Waals surface area contributed by atoms with Crippen LogP contribution in [-0.4, -0.2) is 11.1 Å². The molecule has 0 aliphatic rings. The van der Waals surface area contributed by atoms with Crippen LogP contribution in [0.25, 0.3) is 10.8 Å². The predicted molar refractivity (Wildman–Crippen MR) is 86.9 cm³/mol. The Morgan fingerprint density at radius 3 is 2.52 bits per heavy atom. The van der Waals surface area contributed by atoms with Crippen molar-refractivity contribution >= 4 is 28.5 Å². The number of aromatic carboxylic acids is 1. The molecule has 0 aliphatic carbocycles. The minimum Gasteiger partial charge on any atom is -0.478 e. The average Bonchev–Trinajstić information content (AvgIpc) is 2.53. The molecule has 0 aromatic heterocycles. The van der Waals surface area contributed by atoms with Gasteiger partial charge in [-0.3, -0.25) is 0 Å². The highest BCUT2D eigenvalue weighted by Gasteiger charge is 2.04. The highest BCUT2D eigenvalue weighted by Crippen LogP contribution is 2.26. The van der Waals surface area contributed by atoms with Crippen LogP contribution in [0, 0.1) is 0 Å². The highest BCUT2D eigenvalue weighted by atomic mass is 32.2. The van der Waals surface area contributed by atoms with Crippen molar-refractivity contribution < 1.29 is 9.90 Å². The Kier molecular flexibility index (Phi) is 3.93. The van der Waals surface area contributed by atoms with Gasteiger partial charge in [0.05, 0.1) is 5.56 Å². The van der Waals surface area contributed by atoms with E-state index in [-0.39, 0.29) is 0 Å². The van der Waals surface area contributed by atoms with Gasteiger partial charge in [-0.2, -0.15) is 0 Å². The Hall–Kier alpha value is -2.26. The maximum atomic E-state index is 11.0. The topological polar surface area (TPSA) is 37.3 Å². The van der Waals surface area contributed by atoms with Crippen LogP contribution < -0.4 is 0 Å². The second-order valence-corrected chi connectivity index (χ2v) is 5.85. The summed E-state index contributed by atoms with van der Waals surface area (Å²) in [6.45, 7) is 0. The van der Waals surface area contributed by atoms with Gasteiger partial charge in [0.15, 0.2) is 0 Å². The molecule has 0 saturated carbocycles. The first kappa shape index (κ1) is 13.7. The average molecular weight is 294 g/mol. The molecule has 0 saturated heterocycles. The zero-order valence-corrected chi connectivity index (χ0v) is 12.1. The summed E-state index contributed by atoms with van der Waals surface area (Å²) >= 11 is 1.72. The predicted octanol–water partition coefficient (Wildman–Crippen LogP) is 4.83. The maximum Gasteiger partial charge on any atom is 0.335 e. The highest BCUT2D eigenvalue weighted by molar-refractivity contribution is 7.98. The number of carboxylic acid groups (broad SMARTS) is 1. The largest absolute Gasteiger partial charge is 0.478 e. The van der Waals surface area contributed by atoms with E-state index in [0.29, 0.717) is 5.56 Å². The van der Waals surface area contributed by atoms with Crippen molar-refractivity contribution in [3.8, 4) is 0 Å². The number of benzene rings is 3. The van der Waals surface area contributed by atoms with Gasteiger partial charge >= 0.3 is 5.97 Å². The van der Waals surface area contributed by atoms with Gasteiger partial charge in [-0.05, 0) is 40.6 Å². The van der Waals surface area contributed by atoms with Gasteiger partial charge in [0, 0.05) is 10.6 Å². The molecule has 3 aromatic rings. The first-order valence-corrected chi connectivity index (χ1v) is 7.65. The SMILES string of the molecule is O=C(O)c1cccc(CSc2ccc3ccccc3c2)c1. The third kappa shape index (κ3) is 3.26. The second-order valence-electron chi connectivity index (χ2n) is 4.80. The van der Waals surface area contributed by atoms with Crippen LogP contribution in [0.4, 0.5) is 0 Å². The summed E-state index contributed by atoms with van der Waals surface area (Å²) in [5.74, 6) is -0.119. The fraction of sp³-hybridized carbons (Fsp3) is 0.0556. The Morgan fingerprint density at radius 2 is 1.71 bits per heavy atom. The molecule has 0 heterocycles. The van der Waals surface area contributed by atoms with Gasteiger partial charge in [0.1, 0.15) is 0 Å². The van der Waals surface area contributed by atoms with E-state index in [1.54, 1.807) is 30.0 Å². The quantitative estimate of drug-likeness (QED) is 0.700. The number of hydrogen-bond donors (Lipinski definition) is 1. The van der Waals surface area contributed by atoms with Crippen LogP contribution in [0.3, 0.4) is 0 Å². The van der Waals surface area contributed by atoms with E-state index in [1.165, 1.54) is 15.7 Å². The number of carboxylic acids is 1. The van der Waals surface area contributed by atoms with Gasteiger partial charge < -0.3 is 5.11 Å². The standard InChI is InChI=1S/C18H14O2S/c19-18(20)16-7-3-4-13(10-16)12-21-17-9-8-14-5-1-2-6-15(14)11-17/h1-11H,12H2,(H,19,20). The van der Waals surface area contributed by atoms with Crippen molar-refractivity contribution in [2.45, 2.75) is 10.6 Å². The van der Waals surface area contributed by atoms with Gasteiger partial charge in [0.2, 0.25) is 0 Å². The van der Waals surface area contributed by atoms with Crippen molar-refractivity contribution in [1.29, 1.82) is 0 Å². The molecular weight excluding hydrogens is 280 g/mol. The lowest BCUT2D eigenvalue weighted by Crippen LogP contribution is -1.96. The van der Waals surface area contributed by atoms with Crippen molar-refractivity contribution in [2.75, 3.05) is 0 Å². The fourth-order valence-corrected chi connectivity index (χ4v) is 3.11. The Balaban J connectivity index is 1.77. The maximum absolute atomic E-state index is 11.0. The first-order chi connectivity index (χ1) is 10.2. The zero-order chi connectivity index (χ0) is 14.7. The van der Waals surface area contributed by atoms with E-state index in [2.05, 4.69) is 30.3 Å². The Bertz CT molecular complexity index is 796. The Labute approximate surface area is 127 Å². The van der Waals surface area contributed by atoms with Crippen LogP contribution in [-0.2, 0) is 5.75 Å². The van der Waals surface area contributed by atoms with Crippen molar-refractivity contribution in [3.05, 3.63) is 77.9 Å². The van der Waals surface area contributed by atoms with E-state index in [4.69, 9.17) is 5.11 Å². The summed E-state index contributed by atoms with van der Waals surface area (Å²) in [5.41, 5.74) is 1.36. The van der Waals surface area contributed by atoms with E-state index in [9.17, 15) is 4.79 Å². The van der Waals surface area contributed by atoms with Crippen LogP contribution in [0.1, 0.15) is 15.9 Å². The number of thioether (sulfide) groups is 1. The summed E-state index contributed by atoms with van der Waals surface area (Å²) in [6, 6.07) is 21.8. The summed E-state index contributed by atoms with van der Waals surface area (Å²) in [4.78, 5) is 12.2. The smallest absolute Gasteiger partial charge is 0.335 e. The summed E-state index contributed by atoms with van der Waals surface area (Å²) in [7, 11) is 0. The molecule has 0 radical (unpaired) electrons. The van der Waals surface area contributed by atoms with Crippen LogP contribution >= 0.6 is 11.8 Å². The normalized spacial score (nSPS) is 10.7. The van der Waals surface area contributed by atoms with Crippen LogP contribution in [0.15, 0.2) is 71.6 Å². The van der Waals surface area contributed by atoms with Gasteiger partial charge in [-0.15, -0.1) is 11.8 Å². The summed E-state index contributed by atoms with van der Waals surface area (Å²) in [5, 5.41) is 11.5. The molecule has 21 heavy (non-hydrogen) atoms. The molecule has 104 valence electrons. The van der Waals surface area contributed by atoms with Crippen LogP contribution in [0.5, 0.6) is 0 Å². The molecule has 1 N–H and O–H groups in total. The molecule has 0 atom stereocenters. The lowest BCUT2D eigenvalue weighted by molar-refractivity contribution is 0.0697. The fourth-order valence-electron chi connectivity index (χ4n) is 2.22. The third-order valence-electron chi connectivity index (χ3n) is 3.30. The zero-order valence-electron chi connectivity index (χ0n) is 11.3. The first-order valence-electron chi connectivity index (χ1n) is 6.66. The molecule has 2 nitrogen and oxygen atoms in total. The molecule has 0 unspecified atom stereocenters. The number of rotatable bonds is 4. The molecular formula is C18H14O2S. The van der Waals surface area contributed by atoms with E-state index >= 15 is 0 Å². The van der Waals surface area contributed by atoms with Crippen molar-refractivity contribution in [3.63, 3.8) is 0 Å². The van der Waals surface area contributed by atoms with Gasteiger partial charge in [-0.25, -0.2) is 4.79 Å². The van der Waals surface area contributed by atoms with Crippen LogP contribution in [0.2, 0.25) is 0 Å². The van der Waals surface area contributed by atoms with E-state index in [1.807, 2.05) is 18.2 Å². The number of hydrogen-bond acceptors (Lipinski definition) is 2. The molecule has 3 aromatic carbocycles. The summed E-state index contributed by atoms with van der Waals surface area (Å²) in [6.07, 6.45) is 0. The van der Waals surface area contributed by atoms with Crippen molar-refractivity contribution in [1.82, 2.24) is 0 Å². The van der Waals surface area contributed by atoms with E-state index in [0.717, 1.165) is 11.3 Å². The monoisotopic (exact) mass is 294 g/mol. The number of fused-ring (bicyclic) bond motifs is 1. The van der Waals surface area contributed by atoms with Gasteiger partial charge in [0.25, 0.3) is 0 Å². The van der Waals surface area contributed by atoms with E-state index < -0.39 is 5.97 Å². The molecule has 3 rings (SSSR count). The third-order valence-corrected chi connectivity index (χ3v) is 4.37. The minimum atomic E-state index is -0.882. The molecule has 0 amide bonds. The molecule has 0 aliphatic heterocycles. The lowest BCUT2D eigenvalue weighted by Gasteiger charge is -2.05. The van der Waals surface area contributed by atoms with Crippen molar-refractivity contribution in [2.24, 2.45) is 0 Å². The lowest BCUT2D eigenvalue weighted by atomic mass is 10.1. The summed E-state index contributed by atoms with van der Waals surface area (Å²) < 4.78 is 0. The second kappa shape index (κ2) is 6.02. The van der Waals surface area contributed by atoms with Gasteiger partial charge in [-0.1, -0.05) is 42.5 Å². The molecule has 0 bridgehead atoms. The number of carbonyl (C=O) groups is 1. The Morgan fingerprint density at radius 1 is 0.905 bits per heavy atom. The molecule has 3 heteroatoms.